The molecule has 1 unspecified atom stereocenters. The van der Waals surface area contributed by atoms with Gasteiger partial charge < -0.3 is 20.0 Å². The van der Waals surface area contributed by atoms with Gasteiger partial charge in [0.25, 0.3) is 0 Å². The molecule has 4 amide bonds. The first-order chi connectivity index (χ1) is 16.9. The molecule has 0 aliphatic carbocycles. The second-order valence-corrected chi connectivity index (χ2v) is 9.90. The van der Waals surface area contributed by atoms with Gasteiger partial charge in [-0.15, -0.1) is 0 Å². The van der Waals surface area contributed by atoms with Gasteiger partial charge in [0.2, 0.25) is 24.6 Å². The fourth-order valence-corrected chi connectivity index (χ4v) is 5.38. The van der Waals surface area contributed by atoms with E-state index >= 15 is 0 Å². The Labute approximate surface area is 206 Å². The number of carbonyl (C=O) groups is 4. The second-order valence-electron chi connectivity index (χ2n) is 9.90. The largest absolute Gasteiger partial charge is 0.361 e. The zero-order chi connectivity index (χ0) is 24.9. The van der Waals surface area contributed by atoms with Crippen molar-refractivity contribution in [2.45, 2.75) is 43.7 Å². The lowest BCUT2D eigenvalue weighted by atomic mass is 9.88. The molecule has 1 atom stereocenters. The number of likely N-dealkylation sites (N-methyl/N-ethyl adjacent to an activating group) is 1. The molecule has 0 radical (unpaired) electrons. The molecule has 10 nitrogen and oxygen atoms in total. The van der Waals surface area contributed by atoms with Crippen LogP contribution < -0.4 is 20.4 Å². The number of benzene rings is 1. The molecule has 3 aliphatic heterocycles. The third kappa shape index (κ3) is 5.82. The lowest BCUT2D eigenvalue weighted by Crippen LogP contribution is -2.58. The fraction of sp³-hybridized carbons (Fsp3) is 0.600. The van der Waals surface area contributed by atoms with Gasteiger partial charge in [0.1, 0.15) is 6.04 Å². The van der Waals surface area contributed by atoms with Crippen LogP contribution >= 0.6 is 0 Å². The Hall–Kier alpha value is -2.98. The molecule has 0 aromatic heterocycles. The van der Waals surface area contributed by atoms with Crippen LogP contribution in [-0.4, -0.2) is 99.9 Å². The van der Waals surface area contributed by atoms with Gasteiger partial charge in [-0.25, -0.2) is 0 Å². The summed E-state index contributed by atoms with van der Waals surface area (Å²) >= 11 is 0. The summed E-state index contributed by atoms with van der Waals surface area (Å²) in [4.78, 5) is 54.4. The molecule has 0 spiro atoms. The summed E-state index contributed by atoms with van der Waals surface area (Å²) in [6, 6.07) is 6.03. The highest BCUT2D eigenvalue weighted by Gasteiger charge is 2.32. The highest BCUT2D eigenvalue weighted by atomic mass is 16.2. The SMILES string of the molecule is CN(C=O)c1cc(C2CCN(CCN3CC(NC=O)C3)CC2)ccc1N(C)C1CCC(=O)NC1=O. The summed E-state index contributed by atoms with van der Waals surface area (Å²) in [5.41, 5.74) is 2.77. The van der Waals surface area contributed by atoms with Gasteiger partial charge >= 0.3 is 0 Å². The number of anilines is 2. The van der Waals surface area contributed by atoms with Crippen molar-refractivity contribution in [2.24, 2.45) is 0 Å². The van der Waals surface area contributed by atoms with Crippen molar-refractivity contribution in [2.75, 3.05) is 63.2 Å². The Morgan fingerprint density at radius 3 is 2.40 bits per heavy atom. The van der Waals surface area contributed by atoms with E-state index in [1.165, 1.54) is 5.56 Å². The van der Waals surface area contributed by atoms with Crippen molar-refractivity contribution in [3.8, 4) is 0 Å². The number of rotatable bonds is 10. The standard InChI is InChI=1S/C25H36N6O4/c1-28(17-33)23-13-19(3-4-21(23)29(2)22-5-6-24(34)27-25(22)35)18-7-9-30(10-8-18)11-12-31-14-20(15-31)26-16-32/h3-4,13,16-18,20,22H,5-12,14-15H2,1-2H3,(H,26,32)(H,27,34,35). The summed E-state index contributed by atoms with van der Waals surface area (Å²) in [5, 5.41) is 5.24. The minimum atomic E-state index is -0.448. The molecule has 2 N–H and O–H groups in total. The number of imide groups is 1. The quantitative estimate of drug-likeness (QED) is 0.359. The highest BCUT2D eigenvalue weighted by Crippen LogP contribution is 2.36. The molecule has 0 saturated carbocycles. The predicted molar refractivity (Wildman–Crippen MR) is 133 cm³/mol. The van der Waals surface area contributed by atoms with E-state index in [1.807, 2.05) is 18.0 Å². The third-order valence-electron chi connectivity index (χ3n) is 7.65. The first-order valence-corrected chi connectivity index (χ1v) is 12.4. The van der Waals surface area contributed by atoms with Crippen molar-refractivity contribution in [1.82, 2.24) is 20.4 Å². The summed E-state index contributed by atoms with van der Waals surface area (Å²) in [5.74, 6) is -0.116. The molecular formula is C25H36N6O4. The number of piperidine rings is 2. The number of likely N-dealkylation sites (tertiary alicyclic amines) is 2. The summed E-state index contributed by atoms with van der Waals surface area (Å²) in [7, 11) is 3.56. The van der Waals surface area contributed by atoms with Crippen LogP contribution in [0.2, 0.25) is 0 Å². The molecule has 1 aromatic carbocycles. The van der Waals surface area contributed by atoms with E-state index in [0.29, 0.717) is 24.8 Å². The maximum absolute atomic E-state index is 12.4. The molecule has 4 rings (SSSR count). The minimum absolute atomic E-state index is 0.240. The molecule has 190 valence electrons. The van der Waals surface area contributed by atoms with Crippen LogP contribution in [0.4, 0.5) is 11.4 Å². The van der Waals surface area contributed by atoms with Gasteiger partial charge in [-0.1, -0.05) is 6.07 Å². The van der Waals surface area contributed by atoms with E-state index in [-0.39, 0.29) is 11.8 Å². The van der Waals surface area contributed by atoms with Gasteiger partial charge in [-0.3, -0.25) is 29.4 Å². The van der Waals surface area contributed by atoms with Gasteiger partial charge in [-0.05, 0) is 56.0 Å². The van der Waals surface area contributed by atoms with Crippen molar-refractivity contribution in [3.63, 3.8) is 0 Å². The van der Waals surface area contributed by atoms with E-state index < -0.39 is 6.04 Å². The van der Waals surface area contributed by atoms with E-state index in [2.05, 4.69) is 32.6 Å². The van der Waals surface area contributed by atoms with E-state index in [4.69, 9.17) is 0 Å². The Morgan fingerprint density at radius 2 is 1.74 bits per heavy atom. The first kappa shape index (κ1) is 25.1. The van der Waals surface area contributed by atoms with Crippen molar-refractivity contribution < 1.29 is 19.2 Å². The van der Waals surface area contributed by atoms with Gasteiger partial charge in [-0.2, -0.15) is 0 Å². The highest BCUT2D eigenvalue weighted by molar-refractivity contribution is 6.02. The van der Waals surface area contributed by atoms with Crippen LogP contribution in [0, 0.1) is 0 Å². The summed E-state index contributed by atoms with van der Waals surface area (Å²) in [6.07, 6.45) is 4.45. The molecule has 3 saturated heterocycles. The molecule has 10 heteroatoms. The van der Waals surface area contributed by atoms with Crippen molar-refractivity contribution in [3.05, 3.63) is 23.8 Å². The molecule has 0 bridgehead atoms. The molecule has 35 heavy (non-hydrogen) atoms. The predicted octanol–water partition coefficient (Wildman–Crippen LogP) is 0.130. The average Bonchev–Trinajstić information content (AvgIpc) is 2.84. The third-order valence-corrected chi connectivity index (χ3v) is 7.65. The van der Waals surface area contributed by atoms with Crippen LogP contribution in [0.5, 0.6) is 0 Å². The van der Waals surface area contributed by atoms with Crippen molar-refractivity contribution >= 4 is 36.0 Å². The lowest BCUT2D eigenvalue weighted by molar-refractivity contribution is -0.134. The van der Waals surface area contributed by atoms with E-state index in [0.717, 1.165) is 76.3 Å². The Morgan fingerprint density at radius 1 is 1.03 bits per heavy atom. The van der Waals surface area contributed by atoms with Crippen LogP contribution in [0.3, 0.4) is 0 Å². The van der Waals surface area contributed by atoms with Gasteiger partial charge in [0.05, 0.1) is 17.4 Å². The average molecular weight is 485 g/mol. The monoisotopic (exact) mass is 484 g/mol. The second kappa shape index (κ2) is 11.2. The Bertz CT molecular complexity index is 942. The lowest BCUT2D eigenvalue weighted by Gasteiger charge is -2.41. The molecule has 1 aromatic rings. The summed E-state index contributed by atoms with van der Waals surface area (Å²) in [6.45, 7) is 5.99. The van der Waals surface area contributed by atoms with Crippen LogP contribution in [0.25, 0.3) is 0 Å². The Balaban J connectivity index is 1.36. The number of amides is 4. The van der Waals surface area contributed by atoms with E-state index in [9.17, 15) is 19.2 Å². The summed E-state index contributed by atoms with van der Waals surface area (Å²) < 4.78 is 0. The topological polar surface area (TPSA) is 105 Å². The van der Waals surface area contributed by atoms with E-state index in [1.54, 1.807) is 11.9 Å². The zero-order valence-corrected chi connectivity index (χ0v) is 20.6. The number of nitrogens with one attached hydrogen (secondary N) is 2. The normalized spacial score (nSPS) is 22.3. The van der Waals surface area contributed by atoms with Crippen LogP contribution in [0.15, 0.2) is 18.2 Å². The zero-order valence-electron chi connectivity index (χ0n) is 20.6. The maximum Gasteiger partial charge on any atom is 0.249 e. The number of hydrogen-bond acceptors (Lipinski definition) is 7. The van der Waals surface area contributed by atoms with Gasteiger partial charge in [0.15, 0.2) is 0 Å². The minimum Gasteiger partial charge on any atom is -0.361 e. The van der Waals surface area contributed by atoms with Crippen molar-refractivity contribution in [1.29, 1.82) is 0 Å². The molecule has 3 fully saturated rings. The Kier molecular flexibility index (Phi) is 8.02. The molecule has 3 aliphatic rings. The fourth-order valence-electron chi connectivity index (χ4n) is 5.38. The van der Waals surface area contributed by atoms with Crippen LogP contribution in [0.1, 0.15) is 37.2 Å². The first-order valence-electron chi connectivity index (χ1n) is 12.4. The maximum atomic E-state index is 12.4. The number of nitrogens with zero attached hydrogens (tertiary/aromatic N) is 4. The molecular weight excluding hydrogens is 448 g/mol. The number of carbonyl (C=O) groups excluding carboxylic acids is 4. The van der Waals surface area contributed by atoms with Gasteiger partial charge in [0, 0.05) is 46.7 Å². The van der Waals surface area contributed by atoms with Crippen LogP contribution in [-0.2, 0) is 19.2 Å². The smallest absolute Gasteiger partial charge is 0.249 e. The number of hydrogen-bond donors (Lipinski definition) is 2. The molecule has 3 heterocycles.